The van der Waals surface area contributed by atoms with E-state index in [0.29, 0.717) is 6.04 Å². The minimum atomic E-state index is 0.0313. The lowest BCUT2D eigenvalue weighted by atomic mass is 10.2. The molecule has 1 N–H and O–H groups in total. The van der Waals surface area contributed by atoms with E-state index in [4.69, 9.17) is 0 Å². The van der Waals surface area contributed by atoms with E-state index in [1.54, 1.807) is 11.8 Å². The molecule has 0 atom stereocenters. The van der Waals surface area contributed by atoms with Crippen molar-refractivity contribution in [2.45, 2.75) is 41.5 Å². The Kier molecular flexibility index (Phi) is 3.54. The van der Waals surface area contributed by atoms with Crippen molar-refractivity contribution in [1.82, 2.24) is 9.55 Å². The van der Waals surface area contributed by atoms with Gasteiger partial charge >= 0.3 is 5.69 Å². The van der Waals surface area contributed by atoms with Gasteiger partial charge in [-0.2, -0.15) is 0 Å². The minimum Gasteiger partial charge on any atom is -0.305 e. The molecule has 4 rings (SSSR count). The van der Waals surface area contributed by atoms with Gasteiger partial charge in [0.2, 0.25) is 0 Å². The number of nitrogens with zero attached hydrogens (tertiary/aromatic N) is 1. The second-order valence-corrected chi connectivity index (χ2v) is 6.98. The SMILES string of the molecule is O=c1[nH]c2cc(Sc3ccccc3)ccc2n1C1CCCC1. The van der Waals surface area contributed by atoms with Crippen molar-refractivity contribution < 1.29 is 0 Å². The van der Waals surface area contributed by atoms with Crippen LogP contribution < -0.4 is 5.69 Å². The maximum absolute atomic E-state index is 12.3. The monoisotopic (exact) mass is 310 g/mol. The summed E-state index contributed by atoms with van der Waals surface area (Å²) in [7, 11) is 0. The number of nitrogens with one attached hydrogen (secondary N) is 1. The van der Waals surface area contributed by atoms with Crippen molar-refractivity contribution in [2.75, 3.05) is 0 Å². The van der Waals surface area contributed by atoms with Gasteiger partial charge in [0, 0.05) is 15.8 Å². The first-order valence-corrected chi connectivity index (χ1v) is 8.60. The van der Waals surface area contributed by atoms with Crippen molar-refractivity contribution in [3.8, 4) is 0 Å². The Morgan fingerprint density at radius 2 is 1.77 bits per heavy atom. The second-order valence-electron chi connectivity index (χ2n) is 5.83. The van der Waals surface area contributed by atoms with Gasteiger partial charge in [0.1, 0.15) is 0 Å². The van der Waals surface area contributed by atoms with Gasteiger partial charge in [-0.3, -0.25) is 4.57 Å². The highest BCUT2D eigenvalue weighted by atomic mass is 32.2. The summed E-state index contributed by atoms with van der Waals surface area (Å²) in [6, 6.07) is 16.9. The zero-order valence-electron chi connectivity index (χ0n) is 12.3. The van der Waals surface area contributed by atoms with Gasteiger partial charge in [0.25, 0.3) is 0 Å². The number of benzene rings is 2. The molecule has 0 aliphatic heterocycles. The summed E-state index contributed by atoms with van der Waals surface area (Å²) in [5.74, 6) is 0. The lowest BCUT2D eigenvalue weighted by molar-refractivity contribution is 0.518. The van der Waals surface area contributed by atoms with E-state index in [0.717, 1.165) is 28.8 Å². The van der Waals surface area contributed by atoms with Gasteiger partial charge in [0.15, 0.2) is 0 Å². The zero-order chi connectivity index (χ0) is 14.9. The molecular weight excluding hydrogens is 292 g/mol. The van der Waals surface area contributed by atoms with Crippen LogP contribution >= 0.6 is 11.8 Å². The highest BCUT2D eigenvalue weighted by Gasteiger charge is 2.21. The molecule has 1 fully saturated rings. The molecule has 22 heavy (non-hydrogen) atoms. The first-order chi connectivity index (χ1) is 10.8. The van der Waals surface area contributed by atoms with E-state index in [1.807, 2.05) is 22.8 Å². The van der Waals surface area contributed by atoms with Gasteiger partial charge < -0.3 is 4.98 Å². The molecule has 1 heterocycles. The summed E-state index contributed by atoms with van der Waals surface area (Å²) in [5.41, 5.74) is 2.01. The predicted molar refractivity (Wildman–Crippen MR) is 90.6 cm³/mol. The van der Waals surface area contributed by atoms with Crippen LogP contribution in [0.2, 0.25) is 0 Å². The molecule has 4 heteroatoms. The van der Waals surface area contributed by atoms with Crippen LogP contribution in [0.1, 0.15) is 31.7 Å². The maximum atomic E-state index is 12.3. The van der Waals surface area contributed by atoms with E-state index in [9.17, 15) is 4.79 Å². The maximum Gasteiger partial charge on any atom is 0.326 e. The smallest absolute Gasteiger partial charge is 0.305 e. The lowest BCUT2D eigenvalue weighted by Gasteiger charge is -2.11. The number of fused-ring (bicyclic) bond motifs is 1. The van der Waals surface area contributed by atoms with E-state index >= 15 is 0 Å². The fourth-order valence-corrected chi connectivity index (χ4v) is 4.20. The molecule has 0 bridgehead atoms. The minimum absolute atomic E-state index is 0.0313. The van der Waals surface area contributed by atoms with Crippen molar-refractivity contribution in [2.24, 2.45) is 0 Å². The van der Waals surface area contributed by atoms with Crippen LogP contribution in [0.4, 0.5) is 0 Å². The Labute approximate surface area is 133 Å². The quantitative estimate of drug-likeness (QED) is 0.768. The number of hydrogen-bond donors (Lipinski definition) is 1. The highest BCUT2D eigenvalue weighted by molar-refractivity contribution is 7.99. The molecular formula is C18H18N2OS. The van der Waals surface area contributed by atoms with Crippen LogP contribution in [-0.4, -0.2) is 9.55 Å². The molecule has 0 spiro atoms. The molecule has 0 amide bonds. The third-order valence-corrected chi connectivity index (χ3v) is 5.35. The fourth-order valence-electron chi connectivity index (χ4n) is 3.32. The summed E-state index contributed by atoms with van der Waals surface area (Å²) in [5, 5.41) is 0. The summed E-state index contributed by atoms with van der Waals surface area (Å²) in [4.78, 5) is 17.7. The summed E-state index contributed by atoms with van der Waals surface area (Å²) >= 11 is 1.72. The van der Waals surface area contributed by atoms with Gasteiger partial charge in [-0.15, -0.1) is 0 Å². The van der Waals surface area contributed by atoms with Crippen LogP contribution in [0.25, 0.3) is 11.0 Å². The van der Waals surface area contributed by atoms with Crippen LogP contribution in [0.5, 0.6) is 0 Å². The average molecular weight is 310 g/mol. The molecule has 3 aromatic rings. The predicted octanol–water partition coefficient (Wildman–Crippen LogP) is 4.60. The number of hydrogen-bond acceptors (Lipinski definition) is 2. The molecule has 0 unspecified atom stereocenters. The largest absolute Gasteiger partial charge is 0.326 e. The van der Waals surface area contributed by atoms with Crippen LogP contribution in [0.15, 0.2) is 63.1 Å². The van der Waals surface area contributed by atoms with Crippen LogP contribution in [-0.2, 0) is 0 Å². The zero-order valence-corrected chi connectivity index (χ0v) is 13.1. The summed E-state index contributed by atoms with van der Waals surface area (Å²) in [6.45, 7) is 0. The van der Waals surface area contributed by atoms with E-state index in [1.165, 1.54) is 17.7 Å². The number of aromatic amines is 1. The third-order valence-electron chi connectivity index (χ3n) is 4.36. The van der Waals surface area contributed by atoms with Crippen molar-refractivity contribution in [3.63, 3.8) is 0 Å². The molecule has 1 saturated carbocycles. The van der Waals surface area contributed by atoms with Gasteiger partial charge in [-0.1, -0.05) is 42.8 Å². The first-order valence-electron chi connectivity index (χ1n) is 7.78. The van der Waals surface area contributed by atoms with Crippen molar-refractivity contribution in [3.05, 3.63) is 59.0 Å². The lowest BCUT2D eigenvalue weighted by Crippen LogP contribution is -2.20. The van der Waals surface area contributed by atoms with E-state index in [-0.39, 0.29) is 5.69 Å². The number of rotatable bonds is 3. The van der Waals surface area contributed by atoms with E-state index in [2.05, 4.69) is 35.3 Å². The second kappa shape index (κ2) is 5.69. The number of H-pyrrole nitrogens is 1. The Balaban J connectivity index is 1.71. The Morgan fingerprint density at radius 1 is 1.00 bits per heavy atom. The Hall–Kier alpha value is -1.94. The van der Waals surface area contributed by atoms with Crippen LogP contribution in [0, 0.1) is 0 Å². The molecule has 1 aliphatic carbocycles. The Morgan fingerprint density at radius 3 is 2.55 bits per heavy atom. The molecule has 0 radical (unpaired) electrons. The summed E-state index contributed by atoms with van der Waals surface area (Å²) < 4.78 is 1.96. The molecule has 3 nitrogen and oxygen atoms in total. The fraction of sp³-hybridized carbons (Fsp3) is 0.278. The standard InChI is InChI=1S/C18H18N2OS/c21-18-19-16-12-15(22-14-8-2-1-3-9-14)10-11-17(16)20(18)13-6-4-5-7-13/h1-3,8-13H,4-7H2,(H,19,21). The molecule has 2 aromatic carbocycles. The van der Waals surface area contributed by atoms with Crippen molar-refractivity contribution >= 4 is 22.8 Å². The normalized spacial score (nSPS) is 15.6. The highest BCUT2D eigenvalue weighted by Crippen LogP contribution is 2.33. The van der Waals surface area contributed by atoms with Crippen LogP contribution in [0.3, 0.4) is 0 Å². The number of aromatic nitrogens is 2. The van der Waals surface area contributed by atoms with Gasteiger partial charge in [-0.05, 0) is 43.2 Å². The molecule has 0 saturated heterocycles. The van der Waals surface area contributed by atoms with Crippen molar-refractivity contribution in [1.29, 1.82) is 0 Å². The third kappa shape index (κ3) is 2.48. The first kappa shape index (κ1) is 13.7. The van der Waals surface area contributed by atoms with Gasteiger partial charge in [0.05, 0.1) is 11.0 Å². The van der Waals surface area contributed by atoms with E-state index < -0.39 is 0 Å². The summed E-state index contributed by atoms with van der Waals surface area (Å²) in [6.07, 6.45) is 4.69. The Bertz CT molecular complexity index is 844. The molecule has 112 valence electrons. The molecule has 1 aromatic heterocycles. The van der Waals surface area contributed by atoms with Gasteiger partial charge in [-0.25, -0.2) is 4.79 Å². The number of imidazole rings is 1. The molecule has 1 aliphatic rings. The average Bonchev–Trinajstić information content (AvgIpc) is 3.14. The topological polar surface area (TPSA) is 37.8 Å².